The summed E-state index contributed by atoms with van der Waals surface area (Å²) in [4.78, 5) is 4.50. The lowest BCUT2D eigenvalue weighted by atomic mass is 9.79. The third-order valence-electron chi connectivity index (χ3n) is 4.52. The van der Waals surface area contributed by atoms with Crippen LogP contribution in [0.2, 0.25) is 0 Å². The molecule has 0 aromatic carbocycles. The molecule has 2 aliphatic rings. The number of thiazole rings is 1. The first-order valence-electron chi connectivity index (χ1n) is 7.26. The highest BCUT2D eigenvalue weighted by atomic mass is 32.1. The monoisotopic (exact) mass is 264 g/mol. The minimum absolute atomic E-state index is 0.514. The maximum absolute atomic E-state index is 4.50. The number of fused-ring (bicyclic) bond motifs is 1. The lowest BCUT2D eigenvalue weighted by Gasteiger charge is -2.31. The van der Waals surface area contributed by atoms with E-state index >= 15 is 0 Å². The summed E-state index contributed by atoms with van der Waals surface area (Å²) in [6.45, 7) is 6.91. The first-order valence-corrected chi connectivity index (χ1v) is 8.14. The summed E-state index contributed by atoms with van der Waals surface area (Å²) in [5.74, 6) is 2.84. The molecule has 0 aliphatic heterocycles. The van der Waals surface area contributed by atoms with E-state index in [-0.39, 0.29) is 0 Å². The van der Waals surface area contributed by atoms with E-state index in [0.29, 0.717) is 5.41 Å². The van der Waals surface area contributed by atoms with E-state index in [1.807, 2.05) is 17.5 Å². The van der Waals surface area contributed by atoms with Gasteiger partial charge in [-0.25, -0.2) is 4.98 Å². The van der Waals surface area contributed by atoms with Crippen molar-refractivity contribution in [2.75, 3.05) is 13.1 Å². The van der Waals surface area contributed by atoms with Crippen LogP contribution in [0.15, 0.2) is 11.6 Å². The van der Waals surface area contributed by atoms with E-state index in [2.05, 4.69) is 29.5 Å². The first-order chi connectivity index (χ1) is 8.67. The molecule has 2 saturated carbocycles. The number of hydrogen-bond donors (Lipinski definition) is 1. The van der Waals surface area contributed by atoms with Crippen LogP contribution in [-0.2, 0) is 6.42 Å². The van der Waals surface area contributed by atoms with Crippen LogP contribution >= 0.6 is 11.3 Å². The van der Waals surface area contributed by atoms with Crippen LogP contribution in [0, 0.1) is 23.2 Å². The van der Waals surface area contributed by atoms with Gasteiger partial charge in [-0.05, 0) is 49.0 Å². The lowest BCUT2D eigenvalue weighted by Crippen LogP contribution is -2.36. The Balaban J connectivity index is 1.61. The van der Waals surface area contributed by atoms with Crippen LogP contribution in [0.1, 0.15) is 38.1 Å². The zero-order valence-corrected chi connectivity index (χ0v) is 12.3. The summed E-state index contributed by atoms with van der Waals surface area (Å²) < 4.78 is 0. The number of nitrogens with one attached hydrogen (secondary N) is 1. The van der Waals surface area contributed by atoms with Gasteiger partial charge in [0.25, 0.3) is 0 Å². The Labute approximate surface area is 114 Å². The predicted octanol–water partition coefficient (Wildman–Crippen LogP) is 3.35. The van der Waals surface area contributed by atoms with Gasteiger partial charge in [-0.15, -0.1) is 11.3 Å². The van der Waals surface area contributed by atoms with Gasteiger partial charge in [0, 0.05) is 24.5 Å². The molecule has 3 rings (SSSR count). The van der Waals surface area contributed by atoms with Gasteiger partial charge in [-0.3, -0.25) is 0 Å². The van der Waals surface area contributed by atoms with Crippen molar-refractivity contribution in [2.45, 2.75) is 39.5 Å². The Morgan fingerprint density at radius 1 is 1.44 bits per heavy atom. The molecule has 0 saturated heterocycles. The maximum Gasteiger partial charge on any atom is 0.0930 e. The Kier molecular flexibility index (Phi) is 3.46. The zero-order chi connectivity index (χ0) is 12.6. The summed E-state index contributed by atoms with van der Waals surface area (Å²) >= 11 is 1.83. The van der Waals surface area contributed by atoms with Gasteiger partial charge >= 0.3 is 0 Å². The second-order valence-electron chi connectivity index (χ2n) is 6.79. The fourth-order valence-electron chi connectivity index (χ4n) is 3.64. The molecule has 0 radical (unpaired) electrons. The van der Waals surface area contributed by atoms with E-state index in [9.17, 15) is 0 Å². The normalized spacial score (nSPS) is 33.9. The van der Waals surface area contributed by atoms with Gasteiger partial charge in [-0.2, -0.15) is 0 Å². The van der Waals surface area contributed by atoms with Crippen molar-refractivity contribution in [1.82, 2.24) is 10.3 Å². The van der Waals surface area contributed by atoms with Gasteiger partial charge in [0.15, 0.2) is 0 Å². The van der Waals surface area contributed by atoms with Gasteiger partial charge in [0.2, 0.25) is 0 Å². The predicted molar refractivity (Wildman–Crippen MR) is 76.8 cm³/mol. The molecule has 2 aliphatic carbocycles. The van der Waals surface area contributed by atoms with Crippen molar-refractivity contribution < 1.29 is 0 Å². The molecule has 1 aromatic heterocycles. The quantitative estimate of drug-likeness (QED) is 0.852. The molecule has 0 amide bonds. The molecular formula is C15H24N2S. The molecule has 100 valence electrons. The largest absolute Gasteiger partial charge is 0.316 e. The molecule has 1 aromatic rings. The van der Waals surface area contributed by atoms with Crippen molar-refractivity contribution >= 4 is 11.3 Å². The van der Waals surface area contributed by atoms with E-state index in [4.69, 9.17) is 0 Å². The molecule has 3 heteroatoms. The highest BCUT2D eigenvalue weighted by Crippen LogP contribution is 2.60. The van der Waals surface area contributed by atoms with E-state index in [1.54, 1.807) is 0 Å². The van der Waals surface area contributed by atoms with E-state index < -0.39 is 0 Å². The SMILES string of the molecule is CC(C)CNCC1(Cc2nccs2)CC2CC2C1. The molecule has 2 nitrogen and oxygen atoms in total. The van der Waals surface area contributed by atoms with E-state index in [1.165, 1.54) is 37.2 Å². The topological polar surface area (TPSA) is 24.9 Å². The van der Waals surface area contributed by atoms with Crippen molar-refractivity contribution in [2.24, 2.45) is 23.2 Å². The molecule has 2 fully saturated rings. The van der Waals surface area contributed by atoms with Crippen LogP contribution in [-0.4, -0.2) is 18.1 Å². The Morgan fingerprint density at radius 3 is 2.83 bits per heavy atom. The standard InChI is InChI=1S/C15H24N2S/c1-11(2)9-16-10-15(6-12-5-13(12)7-15)8-14-17-3-4-18-14/h3-4,11-13,16H,5-10H2,1-2H3. The highest BCUT2D eigenvalue weighted by molar-refractivity contribution is 7.09. The first kappa shape index (κ1) is 12.6. The van der Waals surface area contributed by atoms with Gasteiger partial charge < -0.3 is 5.32 Å². The fourth-order valence-corrected chi connectivity index (χ4v) is 4.43. The van der Waals surface area contributed by atoms with Crippen LogP contribution in [0.5, 0.6) is 0 Å². The summed E-state index contributed by atoms with van der Waals surface area (Å²) in [5.41, 5.74) is 0.514. The lowest BCUT2D eigenvalue weighted by molar-refractivity contribution is 0.245. The van der Waals surface area contributed by atoms with Crippen LogP contribution in [0.3, 0.4) is 0 Å². The molecule has 2 unspecified atom stereocenters. The molecule has 1 N–H and O–H groups in total. The highest BCUT2D eigenvalue weighted by Gasteiger charge is 2.53. The summed E-state index contributed by atoms with van der Waals surface area (Å²) in [6.07, 6.45) is 7.52. The molecule has 2 atom stereocenters. The minimum Gasteiger partial charge on any atom is -0.316 e. The molecule has 1 heterocycles. The average molecular weight is 264 g/mol. The molecule has 0 spiro atoms. The second-order valence-corrected chi connectivity index (χ2v) is 7.77. The number of rotatable bonds is 6. The van der Waals surface area contributed by atoms with Crippen molar-refractivity contribution in [3.05, 3.63) is 16.6 Å². The summed E-state index contributed by atoms with van der Waals surface area (Å²) in [6, 6.07) is 0. The molecular weight excluding hydrogens is 240 g/mol. The Bertz CT molecular complexity index is 375. The van der Waals surface area contributed by atoms with Crippen molar-refractivity contribution in [3.63, 3.8) is 0 Å². The maximum atomic E-state index is 4.50. The summed E-state index contributed by atoms with van der Waals surface area (Å²) in [7, 11) is 0. The summed E-state index contributed by atoms with van der Waals surface area (Å²) in [5, 5.41) is 7.15. The minimum atomic E-state index is 0.514. The van der Waals surface area contributed by atoms with Gasteiger partial charge in [0.1, 0.15) is 0 Å². The number of aromatic nitrogens is 1. The van der Waals surface area contributed by atoms with Crippen LogP contribution < -0.4 is 5.32 Å². The van der Waals surface area contributed by atoms with Gasteiger partial charge in [0.05, 0.1) is 5.01 Å². The zero-order valence-electron chi connectivity index (χ0n) is 11.5. The molecule has 0 bridgehead atoms. The fraction of sp³-hybridized carbons (Fsp3) is 0.800. The van der Waals surface area contributed by atoms with Crippen LogP contribution in [0.4, 0.5) is 0 Å². The molecule has 18 heavy (non-hydrogen) atoms. The number of nitrogens with zero attached hydrogens (tertiary/aromatic N) is 1. The smallest absolute Gasteiger partial charge is 0.0930 e. The van der Waals surface area contributed by atoms with E-state index in [0.717, 1.165) is 24.3 Å². The third-order valence-corrected chi connectivity index (χ3v) is 5.30. The van der Waals surface area contributed by atoms with Crippen molar-refractivity contribution in [3.8, 4) is 0 Å². The average Bonchev–Trinajstić information content (AvgIpc) is 2.76. The van der Waals surface area contributed by atoms with Crippen LogP contribution in [0.25, 0.3) is 0 Å². The third kappa shape index (κ3) is 2.77. The van der Waals surface area contributed by atoms with Crippen molar-refractivity contribution in [1.29, 1.82) is 0 Å². The van der Waals surface area contributed by atoms with Gasteiger partial charge in [-0.1, -0.05) is 13.8 Å². The Hall–Kier alpha value is -0.410. The number of hydrogen-bond acceptors (Lipinski definition) is 3. The Morgan fingerprint density at radius 2 is 2.22 bits per heavy atom. The second kappa shape index (κ2) is 4.93.